The molecule has 202 valence electrons. The highest BCUT2D eigenvalue weighted by Crippen LogP contribution is 2.37. The highest BCUT2D eigenvalue weighted by Gasteiger charge is 2.40. The number of aliphatic hydroxyl groups excluding tert-OH is 3. The van der Waals surface area contributed by atoms with Crippen molar-refractivity contribution in [2.75, 3.05) is 53.7 Å². The molecule has 1 aliphatic carbocycles. The molecule has 4 N–H and O–H groups in total. The average Bonchev–Trinajstić information content (AvgIpc) is 2.88. The van der Waals surface area contributed by atoms with Crippen LogP contribution in [0.3, 0.4) is 0 Å². The number of amides is 2. The summed E-state index contributed by atoms with van der Waals surface area (Å²) in [5, 5.41) is 32.6. The first-order valence-electron chi connectivity index (χ1n) is 11.6. The minimum absolute atomic E-state index is 0.0555. The summed E-state index contributed by atoms with van der Waals surface area (Å²) in [4.78, 5) is 27.3. The van der Waals surface area contributed by atoms with E-state index >= 15 is 0 Å². The molecular weight excluding hydrogens is 587 g/mol. The molecule has 2 rings (SSSR count). The first-order valence-corrected chi connectivity index (χ1v) is 12.7. The number of nitrogens with one attached hydrogen (secondary N) is 1. The monoisotopic (exact) mass is 622 g/mol. The highest BCUT2D eigenvalue weighted by atomic mass is 127. The number of carbonyl (C=O) groups excluding carboxylic acids is 2. The summed E-state index contributed by atoms with van der Waals surface area (Å²) in [6, 6.07) is 2.54. The van der Waals surface area contributed by atoms with E-state index in [4.69, 9.17) is 24.1 Å². The van der Waals surface area contributed by atoms with Crippen LogP contribution in [-0.4, -0.2) is 104 Å². The number of benzene rings is 1. The highest BCUT2D eigenvalue weighted by molar-refractivity contribution is 14.1. The number of aliphatic hydroxyl groups is 3. The van der Waals surface area contributed by atoms with E-state index in [9.17, 15) is 19.8 Å². The maximum atomic E-state index is 13.0. The fourth-order valence-electron chi connectivity index (χ4n) is 3.83. The van der Waals surface area contributed by atoms with E-state index < -0.39 is 24.2 Å². The Balaban J connectivity index is 2.47. The predicted octanol–water partition coefficient (Wildman–Crippen LogP) is 0.219. The van der Waals surface area contributed by atoms with Crippen LogP contribution in [0.25, 0.3) is 0 Å². The van der Waals surface area contributed by atoms with Crippen molar-refractivity contribution < 1.29 is 43.9 Å². The Morgan fingerprint density at radius 3 is 2.61 bits per heavy atom. The number of methoxy groups -OCH3 is 2. The van der Waals surface area contributed by atoms with Crippen LogP contribution >= 0.6 is 22.6 Å². The second-order valence-corrected chi connectivity index (χ2v) is 9.16. The molecule has 1 aromatic rings. The van der Waals surface area contributed by atoms with Crippen LogP contribution in [0.4, 0.5) is 0 Å². The van der Waals surface area contributed by atoms with E-state index in [1.807, 2.05) is 22.6 Å². The normalized spacial score (nSPS) is 19.4. The van der Waals surface area contributed by atoms with E-state index in [1.54, 1.807) is 19.1 Å². The van der Waals surface area contributed by atoms with Crippen molar-refractivity contribution in [1.82, 2.24) is 10.2 Å². The first kappa shape index (κ1) is 30.3. The molecule has 0 aliphatic heterocycles. The second-order valence-electron chi connectivity index (χ2n) is 8.00. The molecule has 12 heteroatoms. The third kappa shape index (κ3) is 8.02. The smallest absolute Gasteiger partial charge is 0.248 e. The molecule has 0 spiro atoms. The summed E-state index contributed by atoms with van der Waals surface area (Å²) in [6.07, 6.45) is -0.617. The lowest BCUT2D eigenvalue weighted by Crippen LogP contribution is -2.56. The zero-order chi connectivity index (χ0) is 26.7. The minimum atomic E-state index is -1.19. The lowest BCUT2D eigenvalue weighted by molar-refractivity contribution is -0.144. The predicted molar refractivity (Wildman–Crippen MR) is 139 cm³/mol. The summed E-state index contributed by atoms with van der Waals surface area (Å²) in [7, 11) is 2.97. The number of nitrogens with zero attached hydrogens (tertiary/aromatic N) is 1. The maximum absolute atomic E-state index is 13.0. The van der Waals surface area contributed by atoms with Gasteiger partial charge in [-0.25, -0.2) is 0 Å². The molecule has 0 heterocycles. The van der Waals surface area contributed by atoms with Gasteiger partial charge in [0.25, 0.3) is 0 Å². The molecule has 2 amide bonds. The summed E-state index contributed by atoms with van der Waals surface area (Å²) in [5.41, 5.74) is 0.925. The minimum Gasteiger partial charge on any atom is -0.493 e. The van der Waals surface area contributed by atoms with Crippen LogP contribution in [0.5, 0.6) is 11.5 Å². The van der Waals surface area contributed by atoms with E-state index in [2.05, 4.69) is 5.32 Å². The number of halogens is 1. The third-order valence-corrected chi connectivity index (χ3v) is 6.43. The van der Waals surface area contributed by atoms with E-state index in [1.165, 1.54) is 25.2 Å². The van der Waals surface area contributed by atoms with Gasteiger partial charge in [-0.15, -0.1) is 0 Å². The Morgan fingerprint density at radius 2 is 2.00 bits per heavy atom. The van der Waals surface area contributed by atoms with Gasteiger partial charge in [-0.05, 0) is 53.3 Å². The Kier molecular flexibility index (Phi) is 12.9. The molecule has 3 atom stereocenters. The number of rotatable bonds is 14. The van der Waals surface area contributed by atoms with Gasteiger partial charge < -0.3 is 44.5 Å². The number of hydrogen-bond acceptors (Lipinski definition) is 9. The van der Waals surface area contributed by atoms with Crippen LogP contribution in [0.2, 0.25) is 0 Å². The summed E-state index contributed by atoms with van der Waals surface area (Å²) >= 11 is 2.04. The summed E-state index contributed by atoms with van der Waals surface area (Å²) in [5.74, 6) is -0.108. The van der Waals surface area contributed by atoms with Crippen LogP contribution in [0.1, 0.15) is 18.9 Å². The Bertz CT molecular complexity index is 912. The van der Waals surface area contributed by atoms with Crippen LogP contribution in [0.15, 0.2) is 23.8 Å². The van der Waals surface area contributed by atoms with Crippen molar-refractivity contribution in [3.8, 4) is 11.5 Å². The fraction of sp³-hybridized carbons (Fsp3) is 0.583. The van der Waals surface area contributed by atoms with Gasteiger partial charge in [0.2, 0.25) is 11.8 Å². The molecule has 0 saturated carbocycles. The van der Waals surface area contributed by atoms with E-state index in [0.717, 1.165) is 0 Å². The van der Waals surface area contributed by atoms with Gasteiger partial charge in [0.15, 0.2) is 11.5 Å². The van der Waals surface area contributed by atoms with Crippen LogP contribution in [-0.2, 0) is 25.7 Å². The maximum Gasteiger partial charge on any atom is 0.248 e. The van der Waals surface area contributed by atoms with Crippen molar-refractivity contribution in [2.45, 2.75) is 38.2 Å². The summed E-state index contributed by atoms with van der Waals surface area (Å²) < 4.78 is 22.7. The molecule has 0 aromatic heterocycles. The topological polar surface area (TPSA) is 147 Å². The zero-order valence-corrected chi connectivity index (χ0v) is 22.9. The fourth-order valence-corrected chi connectivity index (χ4v) is 4.62. The first-order chi connectivity index (χ1) is 17.3. The van der Waals surface area contributed by atoms with Crippen molar-refractivity contribution in [3.63, 3.8) is 0 Å². The molecule has 0 fully saturated rings. The lowest BCUT2D eigenvalue weighted by Gasteiger charge is -2.40. The van der Waals surface area contributed by atoms with Gasteiger partial charge in [0, 0.05) is 38.8 Å². The zero-order valence-electron chi connectivity index (χ0n) is 20.7. The molecule has 1 aliphatic rings. The van der Waals surface area contributed by atoms with Gasteiger partial charge in [-0.3, -0.25) is 9.59 Å². The van der Waals surface area contributed by atoms with Crippen molar-refractivity contribution in [3.05, 3.63) is 32.9 Å². The van der Waals surface area contributed by atoms with Gasteiger partial charge >= 0.3 is 0 Å². The molecular formula is C24H35IN2O9. The largest absolute Gasteiger partial charge is 0.493 e. The second kappa shape index (κ2) is 15.3. The molecule has 0 bridgehead atoms. The van der Waals surface area contributed by atoms with E-state index in [-0.39, 0.29) is 51.8 Å². The van der Waals surface area contributed by atoms with Gasteiger partial charge in [-0.2, -0.15) is 0 Å². The Morgan fingerprint density at radius 1 is 1.25 bits per heavy atom. The van der Waals surface area contributed by atoms with Crippen LogP contribution < -0.4 is 14.8 Å². The van der Waals surface area contributed by atoms with Crippen LogP contribution in [0, 0.1) is 3.57 Å². The average molecular weight is 622 g/mol. The standard InChI is InChI=1S/C24H35IN2O9/c1-4-35-14-21(30)27(6-8-33-2)18-11-16(24(32)26-5-7-28)12-19(22(18)31)36-23-17(25)9-15(13-29)10-20(23)34-3/h9-10,12,18-19,22,28-29,31H,4-8,11,13-14H2,1-3H3,(H,26,32)/t18-,19+,22+/m1/s1. The SMILES string of the molecule is CCOCC(=O)N(CCOC)[C@@H]1CC(C(=O)NCCO)=C[C@H](Oc2c(I)cc(CO)cc2OC)[C@H]1O. The lowest BCUT2D eigenvalue weighted by atomic mass is 9.88. The van der Waals surface area contributed by atoms with Gasteiger partial charge in [0.1, 0.15) is 18.8 Å². The molecule has 0 unspecified atom stereocenters. The van der Waals surface area contributed by atoms with E-state index in [0.29, 0.717) is 32.8 Å². The Hall–Kier alpha value is -1.97. The number of hydrogen-bond donors (Lipinski definition) is 4. The van der Waals surface area contributed by atoms with Crippen molar-refractivity contribution in [2.24, 2.45) is 0 Å². The van der Waals surface area contributed by atoms with Crippen molar-refractivity contribution in [1.29, 1.82) is 0 Å². The molecule has 11 nitrogen and oxygen atoms in total. The molecule has 0 radical (unpaired) electrons. The number of ether oxygens (including phenoxy) is 4. The third-order valence-electron chi connectivity index (χ3n) is 5.63. The number of carbonyl (C=O) groups is 2. The van der Waals surface area contributed by atoms with Gasteiger partial charge in [0.05, 0.1) is 36.5 Å². The van der Waals surface area contributed by atoms with Gasteiger partial charge in [-0.1, -0.05) is 0 Å². The quantitative estimate of drug-likeness (QED) is 0.214. The van der Waals surface area contributed by atoms with Crippen molar-refractivity contribution >= 4 is 34.4 Å². The summed E-state index contributed by atoms with van der Waals surface area (Å²) in [6.45, 7) is 1.97. The molecule has 36 heavy (non-hydrogen) atoms. The Labute approximate surface area is 224 Å². The molecule has 0 saturated heterocycles. The molecule has 1 aromatic carbocycles.